The highest BCUT2D eigenvalue weighted by Crippen LogP contribution is 2.23. The minimum atomic E-state index is 0.491. The van der Waals surface area contributed by atoms with Crippen LogP contribution < -0.4 is 5.73 Å². The van der Waals surface area contributed by atoms with Crippen molar-refractivity contribution in [3.63, 3.8) is 0 Å². The first-order valence-electron chi connectivity index (χ1n) is 3.91. The van der Waals surface area contributed by atoms with Gasteiger partial charge in [-0.15, -0.1) is 0 Å². The van der Waals surface area contributed by atoms with Crippen LogP contribution in [0.1, 0.15) is 11.5 Å². The number of nitrogen functional groups attached to an aromatic ring is 1. The van der Waals surface area contributed by atoms with Crippen molar-refractivity contribution in [3.8, 4) is 11.6 Å². The van der Waals surface area contributed by atoms with Gasteiger partial charge in [-0.25, -0.2) is 4.98 Å². The number of nitrogens with one attached hydrogen (secondary N) is 1. The van der Waals surface area contributed by atoms with E-state index in [0.717, 1.165) is 11.5 Å². The Morgan fingerprint density at radius 1 is 1.46 bits per heavy atom. The van der Waals surface area contributed by atoms with Gasteiger partial charge >= 0.3 is 0 Å². The molecule has 0 aromatic carbocycles. The van der Waals surface area contributed by atoms with E-state index >= 15 is 0 Å². The van der Waals surface area contributed by atoms with Gasteiger partial charge in [0.25, 0.3) is 0 Å². The van der Waals surface area contributed by atoms with Crippen LogP contribution in [-0.4, -0.2) is 15.2 Å². The van der Waals surface area contributed by atoms with Gasteiger partial charge < -0.3 is 10.2 Å². The number of H-pyrrole nitrogens is 1. The van der Waals surface area contributed by atoms with E-state index in [9.17, 15) is 0 Å². The van der Waals surface area contributed by atoms with Crippen LogP contribution in [0.4, 0.5) is 5.69 Å². The molecule has 0 aliphatic carbocycles. The van der Waals surface area contributed by atoms with Gasteiger partial charge in [-0.1, -0.05) is 0 Å². The van der Waals surface area contributed by atoms with Crippen molar-refractivity contribution in [1.29, 1.82) is 0 Å². The Bertz CT molecular complexity index is 410. The average Bonchev–Trinajstić information content (AvgIpc) is 2.60. The second-order valence-electron chi connectivity index (χ2n) is 2.86. The van der Waals surface area contributed by atoms with Crippen molar-refractivity contribution in [2.24, 2.45) is 0 Å². The Labute approximate surface area is 75.0 Å². The Kier molecular flexibility index (Phi) is 1.58. The molecule has 5 heteroatoms. The van der Waals surface area contributed by atoms with Gasteiger partial charge in [-0.3, -0.25) is 5.10 Å². The summed E-state index contributed by atoms with van der Waals surface area (Å²) in [6.45, 7) is 3.74. The normalized spacial score (nSPS) is 10.6. The molecule has 0 bridgehead atoms. The molecule has 0 atom stereocenters. The molecular formula is C8H10N4O. The van der Waals surface area contributed by atoms with E-state index in [1.54, 1.807) is 0 Å². The third-order valence-electron chi connectivity index (χ3n) is 1.91. The molecular weight excluding hydrogens is 168 g/mol. The van der Waals surface area contributed by atoms with E-state index < -0.39 is 0 Å². The summed E-state index contributed by atoms with van der Waals surface area (Å²) in [5, 5.41) is 6.52. The highest BCUT2D eigenvalue weighted by Gasteiger charge is 2.12. The van der Waals surface area contributed by atoms with Crippen LogP contribution in [0.5, 0.6) is 0 Å². The van der Waals surface area contributed by atoms with Crippen LogP contribution in [0.25, 0.3) is 11.6 Å². The molecule has 2 aromatic heterocycles. The lowest BCUT2D eigenvalue weighted by molar-refractivity contribution is 0.539. The zero-order valence-corrected chi connectivity index (χ0v) is 7.46. The number of aryl methyl sites for hydroxylation is 2. The molecule has 5 nitrogen and oxygen atoms in total. The topological polar surface area (TPSA) is 80.7 Å². The minimum absolute atomic E-state index is 0.491. The molecule has 0 saturated carbocycles. The molecule has 0 aliphatic rings. The average molecular weight is 178 g/mol. The standard InChI is InChI=1S/C8H10N4O/c1-4-5(2)13-8(11-4)7-6(9)3-10-12-7/h3H,9H2,1-2H3,(H,10,12). The molecule has 2 aromatic rings. The molecule has 0 aliphatic heterocycles. The number of aromatic nitrogens is 3. The molecule has 0 unspecified atom stereocenters. The van der Waals surface area contributed by atoms with Crippen molar-refractivity contribution in [1.82, 2.24) is 15.2 Å². The first-order valence-corrected chi connectivity index (χ1v) is 3.91. The second kappa shape index (κ2) is 2.62. The van der Waals surface area contributed by atoms with E-state index in [0.29, 0.717) is 17.3 Å². The van der Waals surface area contributed by atoms with Crippen molar-refractivity contribution in [2.45, 2.75) is 13.8 Å². The van der Waals surface area contributed by atoms with Crippen LogP contribution in [-0.2, 0) is 0 Å². The molecule has 0 fully saturated rings. The lowest BCUT2D eigenvalue weighted by Crippen LogP contribution is -1.86. The molecule has 68 valence electrons. The van der Waals surface area contributed by atoms with Gasteiger partial charge in [0.2, 0.25) is 5.89 Å². The van der Waals surface area contributed by atoms with Crippen LogP contribution in [0.3, 0.4) is 0 Å². The summed E-state index contributed by atoms with van der Waals surface area (Å²) in [6.07, 6.45) is 1.53. The van der Waals surface area contributed by atoms with Gasteiger partial charge in [-0.05, 0) is 13.8 Å². The molecule has 2 heterocycles. The van der Waals surface area contributed by atoms with Crippen molar-refractivity contribution < 1.29 is 4.42 Å². The van der Waals surface area contributed by atoms with Gasteiger partial charge in [0.15, 0.2) is 0 Å². The smallest absolute Gasteiger partial charge is 0.247 e. The Balaban J connectivity index is 2.53. The summed E-state index contributed by atoms with van der Waals surface area (Å²) < 4.78 is 5.38. The quantitative estimate of drug-likeness (QED) is 0.688. The number of rotatable bonds is 1. The van der Waals surface area contributed by atoms with Gasteiger partial charge in [-0.2, -0.15) is 5.10 Å². The highest BCUT2D eigenvalue weighted by atomic mass is 16.4. The van der Waals surface area contributed by atoms with Crippen molar-refractivity contribution in [2.75, 3.05) is 5.73 Å². The monoisotopic (exact) mass is 178 g/mol. The number of oxazole rings is 1. The predicted octanol–water partition coefficient (Wildman–Crippen LogP) is 1.26. The number of hydrogen-bond acceptors (Lipinski definition) is 4. The number of nitrogens with zero attached hydrogens (tertiary/aromatic N) is 2. The maximum absolute atomic E-state index is 5.64. The van der Waals surface area contributed by atoms with Crippen LogP contribution in [0.15, 0.2) is 10.6 Å². The maximum Gasteiger partial charge on any atom is 0.247 e. The van der Waals surface area contributed by atoms with E-state index in [2.05, 4.69) is 15.2 Å². The summed E-state index contributed by atoms with van der Waals surface area (Å²) >= 11 is 0. The zero-order valence-electron chi connectivity index (χ0n) is 7.46. The van der Waals surface area contributed by atoms with E-state index in [4.69, 9.17) is 10.2 Å². The van der Waals surface area contributed by atoms with Gasteiger partial charge in [0, 0.05) is 0 Å². The number of nitrogens with two attached hydrogens (primary N) is 1. The van der Waals surface area contributed by atoms with Crippen molar-refractivity contribution in [3.05, 3.63) is 17.7 Å². The summed E-state index contributed by atoms with van der Waals surface area (Å²) in [4.78, 5) is 4.20. The van der Waals surface area contributed by atoms with Gasteiger partial charge in [0.05, 0.1) is 17.6 Å². The van der Waals surface area contributed by atoms with Crippen LogP contribution in [0, 0.1) is 13.8 Å². The number of aromatic amines is 1. The summed E-state index contributed by atoms with van der Waals surface area (Å²) in [7, 11) is 0. The molecule has 0 spiro atoms. The third kappa shape index (κ3) is 1.18. The molecule has 3 N–H and O–H groups in total. The van der Waals surface area contributed by atoms with Gasteiger partial charge in [0.1, 0.15) is 11.5 Å². The fourth-order valence-corrected chi connectivity index (χ4v) is 1.05. The SMILES string of the molecule is Cc1nc(-c2[nH]ncc2N)oc1C. The minimum Gasteiger partial charge on any atom is -0.440 e. The van der Waals surface area contributed by atoms with Crippen LogP contribution in [0.2, 0.25) is 0 Å². The molecule has 0 radical (unpaired) electrons. The second-order valence-corrected chi connectivity index (χ2v) is 2.86. The van der Waals surface area contributed by atoms with Crippen molar-refractivity contribution >= 4 is 5.69 Å². The van der Waals surface area contributed by atoms with E-state index in [1.165, 1.54) is 6.20 Å². The lowest BCUT2D eigenvalue weighted by Gasteiger charge is -1.89. The zero-order chi connectivity index (χ0) is 9.42. The Hall–Kier alpha value is -1.78. The fourth-order valence-electron chi connectivity index (χ4n) is 1.05. The summed E-state index contributed by atoms with van der Waals surface area (Å²) in [6, 6.07) is 0. The molecule has 2 rings (SSSR count). The molecule has 13 heavy (non-hydrogen) atoms. The predicted molar refractivity (Wildman–Crippen MR) is 48.0 cm³/mol. The molecule has 0 amide bonds. The van der Waals surface area contributed by atoms with E-state index in [-0.39, 0.29) is 0 Å². The Morgan fingerprint density at radius 3 is 2.69 bits per heavy atom. The fraction of sp³-hybridized carbons (Fsp3) is 0.250. The van der Waals surface area contributed by atoms with Crippen LogP contribution >= 0.6 is 0 Å². The molecule has 0 saturated heterocycles. The maximum atomic E-state index is 5.64. The lowest BCUT2D eigenvalue weighted by atomic mass is 10.4. The highest BCUT2D eigenvalue weighted by molar-refractivity contribution is 5.65. The number of hydrogen-bond donors (Lipinski definition) is 2. The third-order valence-corrected chi connectivity index (χ3v) is 1.91. The van der Waals surface area contributed by atoms with E-state index in [1.807, 2.05) is 13.8 Å². The largest absolute Gasteiger partial charge is 0.440 e. The first-order chi connectivity index (χ1) is 6.18. The summed E-state index contributed by atoms with van der Waals surface area (Å²) in [5.41, 5.74) is 7.68. The number of anilines is 1. The first kappa shape index (κ1) is 7.85. The Morgan fingerprint density at radius 2 is 2.23 bits per heavy atom. The summed E-state index contributed by atoms with van der Waals surface area (Å²) in [5.74, 6) is 1.29.